The van der Waals surface area contributed by atoms with Gasteiger partial charge in [-0.25, -0.2) is 4.85 Å². The molecule has 1 aliphatic carbocycles. The van der Waals surface area contributed by atoms with E-state index in [1.807, 2.05) is 26.0 Å². The Bertz CT molecular complexity index is 641. The van der Waals surface area contributed by atoms with Crippen molar-refractivity contribution in [2.45, 2.75) is 59.0 Å². The predicted octanol–water partition coefficient (Wildman–Crippen LogP) is 5.79. The maximum Gasteiger partial charge on any atom is 0.268 e. The third-order valence-electron chi connectivity index (χ3n) is 6.21. The predicted molar refractivity (Wildman–Crippen MR) is 106 cm³/mol. The Morgan fingerprint density at radius 2 is 1.64 bits per heavy atom. The van der Waals surface area contributed by atoms with Gasteiger partial charge in [-0.15, -0.1) is 0 Å². The van der Waals surface area contributed by atoms with Gasteiger partial charge in [0.25, 0.3) is 5.91 Å². The van der Waals surface area contributed by atoms with Gasteiger partial charge in [-0.3, -0.25) is 4.79 Å². The molecule has 0 spiro atoms. The van der Waals surface area contributed by atoms with Crippen molar-refractivity contribution in [3.8, 4) is 0 Å². The van der Waals surface area contributed by atoms with Crippen LogP contribution in [0, 0.1) is 20.4 Å². The molecule has 0 aromatic heterocycles. The summed E-state index contributed by atoms with van der Waals surface area (Å²) in [6.45, 7) is 18.0. The molecule has 0 unspecified atom stereocenters. The SMILES string of the molecule is [C-]#[N+]c1cc(C)c(NC(=O)C2([P+](CC)(CC)CC)CCC2)c(C)c1.[Y]. The smallest absolute Gasteiger partial charge is 0.268 e. The van der Waals surface area contributed by atoms with Crippen molar-refractivity contribution in [3.05, 3.63) is 34.7 Å². The van der Waals surface area contributed by atoms with Gasteiger partial charge >= 0.3 is 0 Å². The summed E-state index contributed by atoms with van der Waals surface area (Å²) in [6.07, 6.45) is 6.72. The maximum atomic E-state index is 13.4. The number of carbonyl (C=O) groups excluding carboxylic acids is 1. The summed E-state index contributed by atoms with van der Waals surface area (Å²) in [5, 5.41) is 3.14. The molecule has 133 valence electrons. The Kier molecular flexibility index (Phi) is 8.26. The van der Waals surface area contributed by atoms with Gasteiger partial charge < -0.3 is 5.32 Å². The normalized spacial score (nSPS) is 15.5. The minimum Gasteiger partial charge on any atom is -0.322 e. The Morgan fingerprint density at radius 3 is 1.96 bits per heavy atom. The summed E-state index contributed by atoms with van der Waals surface area (Å²) in [5.41, 5.74) is 3.51. The Morgan fingerprint density at radius 1 is 1.16 bits per heavy atom. The molecule has 2 rings (SSSR count). The third kappa shape index (κ3) is 3.88. The molecule has 1 aromatic carbocycles. The fraction of sp³-hybridized carbons (Fsp3) is 0.600. The summed E-state index contributed by atoms with van der Waals surface area (Å²) in [5.74, 6) is 0.231. The van der Waals surface area contributed by atoms with Crippen LogP contribution in [-0.2, 0) is 37.5 Å². The van der Waals surface area contributed by atoms with E-state index in [1.165, 1.54) is 6.42 Å². The molecule has 1 N–H and O–H groups in total. The second-order valence-corrected chi connectivity index (χ2v) is 12.0. The van der Waals surface area contributed by atoms with E-state index < -0.39 is 7.26 Å². The number of anilines is 1. The quantitative estimate of drug-likeness (QED) is 0.446. The molecular formula is C20H30N2OPY+. The summed E-state index contributed by atoms with van der Waals surface area (Å²) >= 11 is 0. The minimum absolute atomic E-state index is 0. The monoisotopic (exact) mass is 434 g/mol. The topological polar surface area (TPSA) is 33.5 Å². The molecule has 1 radical (unpaired) electrons. The van der Waals surface area contributed by atoms with Crippen molar-refractivity contribution in [3.63, 3.8) is 0 Å². The van der Waals surface area contributed by atoms with E-state index in [1.54, 1.807) is 0 Å². The zero-order valence-corrected chi connectivity index (χ0v) is 20.0. The molecule has 1 aromatic rings. The number of benzene rings is 1. The molecule has 25 heavy (non-hydrogen) atoms. The average Bonchev–Trinajstić information content (AvgIpc) is 2.53. The average molecular weight is 434 g/mol. The van der Waals surface area contributed by atoms with Gasteiger partial charge in [0.15, 0.2) is 10.8 Å². The molecule has 0 atom stereocenters. The second kappa shape index (κ2) is 9.08. The van der Waals surface area contributed by atoms with Gasteiger partial charge in [-0.1, -0.05) is 12.1 Å². The van der Waals surface area contributed by atoms with E-state index in [0.29, 0.717) is 5.69 Å². The van der Waals surface area contributed by atoms with Gasteiger partial charge in [0.1, 0.15) is 0 Å². The van der Waals surface area contributed by atoms with E-state index in [2.05, 4.69) is 30.9 Å². The Balaban J connectivity index is 0.00000312. The molecule has 3 nitrogen and oxygen atoms in total. The van der Waals surface area contributed by atoms with Crippen molar-refractivity contribution < 1.29 is 37.5 Å². The van der Waals surface area contributed by atoms with Gasteiger partial charge in [0.05, 0.1) is 25.1 Å². The number of hydrogen-bond donors (Lipinski definition) is 1. The molecule has 1 aliphatic rings. The number of hydrogen-bond acceptors (Lipinski definition) is 1. The summed E-state index contributed by atoms with van der Waals surface area (Å²) in [6, 6.07) is 3.73. The van der Waals surface area contributed by atoms with Gasteiger partial charge in [0.2, 0.25) is 0 Å². The summed E-state index contributed by atoms with van der Waals surface area (Å²) in [4.78, 5) is 16.9. The molecule has 0 bridgehead atoms. The van der Waals surface area contributed by atoms with E-state index >= 15 is 0 Å². The van der Waals surface area contributed by atoms with Crippen molar-refractivity contribution in [2.75, 3.05) is 23.8 Å². The van der Waals surface area contributed by atoms with Crippen molar-refractivity contribution in [2.24, 2.45) is 0 Å². The van der Waals surface area contributed by atoms with E-state index in [4.69, 9.17) is 6.57 Å². The van der Waals surface area contributed by atoms with Crippen LogP contribution in [0.25, 0.3) is 4.85 Å². The fourth-order valence-electron chi connectivity index (χ4n) is 4.44. The van der Waals surface area contributed by atoms with Crippen LogP contribution in [0.4, 0.5) is 11.4 Å². The molecule has 5 heteroatoms. The minimum atomic E-state index is -1.27. The Labute approximate surface area is 178 Å². The van der Waals surface area contributed by atoms with Crippen molar-refractivity contribution in [1.82, 2.24) is 0 Å². The summed E-state index contributed by atoms with van der Waals surface area (Å²) in [7, 11) is -1.27. The number of amides is 1. The first-order chi connectivity index (χ1) is 11.4. The fourth-order valence-corrected chi connectivity index (χ4v) is 9.35. The first-order valence-electron chi connectivity index (χ1n) is 9.06. The number of nitrogens with one attached hydrogen (secondary N) is 1. The number of carbonyl (C=O) groups is 1. The van der Waals surface area contributed by atoms with Gasteiger partial charge in [-0.05, 0) is 65.0 Å². The largest absolute Gasteiger partial charge is 0.322 e. The van der Waals surface area contributed by atoms with Crippen LogP contribution < -0.4 is 5.32 Å². The Hall–Kier alpha value is -0.286. The van der Waals surface area contributed by atoms with Crippen LogP contribution in [0.5, 0.6) is 0 Å². The number of nitrogens with zero attached hydrogens (tertiary/aromatic N) is 1. The van der Waals surface area contributed by atoms with Crippen LogP contribution >= 0.6 is 7.26 Å². The van der Waals surface area contributed by atoms with Crippen LogP contribution in [0.2, 0.25) is 0 Å². The maximum absolute atomic E-state index is 13.4. The molecule has 1 fully saturated rings. The molecule has 0 heterocycles. The number of rotatable bonds is 6. The zero-order chi connectivity index (χ0) is 18.0. The first kappa shape index (κ1) is 22.8. The molecule has 1 saturated carbocycles. The second-order valence-electron chi connectivity index (χ2n) is 7.00. The molecular weight excluding hydrogens is 404 g/mol. The summed E-state index contributed by atoms with van der Waals surface area (Å²) < 4.78 is 0. The third-order valence-corrected chi connectivity index (χ3v) is 12.3. The first-order valence-corrected chi connectivity index (χ1v) is 11.4. The van der Waals surface area contributed by atoms with E-state index in [9.17, 15) is 4.79 Å². The molecule has 0 saturated heterocycles. The molecule has 1 amide bonds. The van der Waals surface area contributed by atoms with Crippen LogP contribution in [0.3, 0.4) is 0 Å². The zero-order valence-electron chi connectivity index (χ0n) is 16.3. The van der Waals surface area contributed by atoms with Crippen molar-refractivity contribution >= 4 is 24.5 Å². The van der Waals surface area contributed by atoms with Crippen LogP contribution in [0.1, 0.15) is 51.2 Å². The van der Waals surface area contributed by atoms with E-state index in [-0.39, 0.29) is 43.8 Å². The van der Waals surface area contributed by atoms with Crippen LogP contribution in [0.15, 0.2) is 12.1 Å². The van der Waals surface area contributed by atoms with Gasteiger partial charge in [-0.2, -0.15) is 0 Å². The standard InChI is InChI=1S/C20H29N2OP.Y/c1-7-24(8-2,9-3)20(11-10-12-20)19(23)22-18-15(4)13-17(21-6)14-16(18)5;/h13-14H,7-12H2,1-5H3;/p+1. The van der Waals surface area contributed by atoms with Gasteiger partial charge in [0, 0.05) is 45.7 Å². The molecule has 0 aliphatic heterocycles. The number of aryl methyl sites for hydroxylation is 2. The van der Waals surface area contributed by atoms with Crippen LogP contribution in [-0.4, -0.2) is 29.5 Å². The van der Waals surface area contributed by atoms with Crippen molar-refractivity contribution in [1.29, 1.82) is 0 Å². The van der Waals surface area contributed by atoms with E-state index in [0.717, 1.165) is 48.1 Å².